The predicted molar refractivity (Wildman–Crippen MR) is 49.8 cm³/mol. The van der Waals surface area contributed by atoms with Crippen LogP contribution >= 0.6 is 12.0 Å². The van der Waals surface area contributed by atoms with Gasteiger partial charge in [0, 0.05) is 19.1 Å². The molecule has 62 valence electrons. The third kappa shape index (κ3) is 2.69. The zero-order chi connectivity index (χ0) is 8.27. The van der Waals surface area contributed by atoms with Crippen LogP contribution in [0.2, 0.25) is 0 Å². The molecule has 0 aliphatic carbocycles. The van der Waals surface area contributed by atoms with Crippen LogP contribution in [-0.2, 0) is 4.18 Å². The summed E-state index contributed by atoms with van der Waals surface area (Å²) in [5.41, 5.74) is 0.554. The molecule has 0 aromatic rings. The predicted octanol–water partition coefficient (Wildman–Crippen LogP) is 0.870. The van der Waals surface area contributed by atoms with Gasteiger partial charge in [0.15, 0.2) is 0 Å². The zero-order valence-electron chi connectivity index (χ0n) is 7.12. The Morgan fingerprint density at radius 3 is 2.73 bits per heavy atom. The molecule has 11 heavy (non-hydrogen) atoms. The van der Waals surface area contributed by atoms with Crippen LogP contribution in [0.15, 0.2) is 0 Å². The lowest BCUT2D eigenvalue weighted by Gasteiger charge is -2.40. The molecular weight excluding hydrogens is 157 g/mol. The fraction of sp³-hybridized carbons (Fsp3) is 1.00. The maximum absolute atomic E-state index is 5.36. The van der Waals surface area contributed by atoms with E-state index in [4.69, 9.17) is 12.0 Å². The van der Waals surface area contributed by atoms with Gasteiger partial charge < -0.3 is 4.18 Å². The first-order valence-electron chi connectivity index (χ1n) is 3.96. The highest BCUT2D eigenvalue weighted by Gasteiger charge is 2.29. The number of hydrogen-bond donors (Lipinski definition) is 0. The van der Waals surface area contributed by atoms with E-state index in [0.29, 0.717) is 17.8 Å². The first kappa shape index (κ1) is 9.42. The van der Waals surface area contributed by atoms with Crippen molar-refractivity contribution in [2.75, 3.05) is 18.7 Å². The summed E-state index contributed by atoms with van der Waals surface area (Å²) in [5.74, 6) is 0. The molecule has 0 aromatic carbocycles. The van der Waals surface area contributed by atoms with E-state index in [0.717, 1.165) is 13.1 Å². The van der Waals surface area contributed by atoms with E-state index in [9.17, 15) is 0 Å². The average molecular weight is 171 g/mol. The molecule has 0 spiro atoms. The molecule has 0 N–H and O–H groups in total. The van der Waals surface area contributed by atoms with Gasteiger partial charge in [-0.05, 0) is 31.5 Å². The first-order chi connectivity index (χ1) is 5.24. The van der Waals surface area contributed by atoms with Crippen LogP contribution < -0.4 is 0 Å². The fourth-order valence-electron chi connectivity index (χ4n) is 1.09. The fourth-order valence-corrected chi connectivity index (χ4v) is 1.48. The van der Waals surface area contributed by atoms with E-state index in [1.54, 1.807) is 0 Å². The largest absolute Gasteiger partial charge is 0.310 e. The third-order valence-electron chi connectivity index (χ3n) is 1.88. The summed E-state index contributed by atoms with van der Waals surface area (Å²) in [6.07, 6.45) is 0.408. The van der Waals surface area contributed by atoms with Crippen LogP contribution in [0.5, 0.6) is 0 Å². The summed E-state index contributed by atoms with van der Waals surface area (Å²) in [4.78, 5) is 2.38. The van der Waals surface area contributed by atoms with Gasteiger partial charge in [0.25, 0.3) is 0 Å². The molecule has 1 saturated heterocycles. The monoisotopic (exact) mass is 171 g/mol. The quantitative estimate of drug-likeness (QED) is 0.460. The second-order valence-corrected chi connectivity index (χ2v) is 3.81. The number of likely N-dealkylation sites (tertiary alicyclic amines) is 1. The van der Waals surface area contributed by atoms with Crippen molar-refractivity contribution < 1.29 is 4.18 Å². The lowest BCUT2D eigenvalue weighted by atomic mass is 10.1. The van der Waals surface area contributed by atoms with Crippen LogP contribution in [0.4, 0.5) is 0 Å². The molecule has 1 aliphatic heterocycles. The van der Waals surface area contributed by atoms with Gasteiger partial charge in [-0.1, -0.05) is 0 Å². The summed E-state index contributed by atoms with van der Waals surface area (Å²) in [5, 5.41) is 0. The minimum absolute atomic E-state index is 0.408. The van der Waals surface area contributed by atoms with Crippen LogP contribution in [-0.4, -0.2) is 43.6 Å². The van der Waals surface area contributed by atoms with Crippen molar-refractivity contribution in [3.8, 4) is 0 Å². The van der Waals surface area contributed by atoms with E-state index in [1.165, 1.54) is 12.0 Å². The normalized spacial score (nSPS) is 20.6. The van der Waals surface area contributed by atoms with Crippen LogP contribution in [0.1, 0.15) is 13.8 Å². The first-order valence-corrected chi connectivity index (χ1v) is 4.87. The van der Waals surface area contributed by atoms with Gasteiger partial charge in [-0.15, -0.1) is 0 Å². The Balaban J connectivity index is 2.00. The van der Waals surface area contributed by atoms with Gasteiger partial charge in [0.2, 0.25) is 0 Å². The molecule has 1 rings (SSSR count). The van der Waals surface area contributed by atoms with Crippen molar-refractivity contribution in [2.45, 2.75) is 26.0 Å². The zero-order valence-corrected chi connectivity index (χ0v) is 7.93. The van der Waals surface area contributed by atoms with Crippen LogP contribution in [0, 0.1) is 0 Å². The molecule has 0 bridgehead atoms. The van der Waals surface area contributed by atoms with E-state index in [2.05, 4.69) is 18.7 Å². The third-order valence-corrected chi connectivity index (χ3v) is 2.42. The Kier molecular flexibility index (Phi) is 3.75. The smallest absolute Gasteiger partial charge is 0.0975 e. The van der Waals surface area contributed by atoms with Crippen molar-refractivity contribution in [3.63, 3.8) is 0 Å². The standard InChI is InChI=1S/C7H14BNOS/c1-6(2)9-3-7(4-9)10-11-5-8/h6-7H,3-5H2,1-2H3. The molecule has 4 heteroatoms. The molecular formula is C7H14BNOS. The summed E-state index contributed by atoms with van der Waals surface area (Å²) < 4.78 is 5.36. The number of nitrogens with zero attached hydrogens (tertiary/aromatic N) is 1. The Morgan fingerprint density at radius 1 is 1.64 bits per heavy atom. The molecule has 1 heterocycles. The van der Waals surface area contributed by atoms with Crippen molar-refractivity contribution in [1.82, 2.24) is 4.90 Å². The van der Waals surface area contributed by atoms with Gasteiger partial charge in [0.1, 0.15) is 0 Å². The molecule has 1 fully saturated rings. The van der Waals surface area contributed by atoms with Crippen molar-refractivity contribution in [2.24, 2.45) is 0 Å². The molecule has 2 nitrogen and oxygen atoms in total. The second-order valence-electron chi connectivity index (χ2n) is 3.05. The molecule has 2 radical (unpaired) electrons. The molecule has 0 unspecified atom stereocenters. The topological polar surface area (TPSA) is 12.5 Å². The highest BCUT2D eigenvalue weighted by atomic mass is 32.2. The summed E-state index contributed by atoms with van der Waals surface area (Å²) in [6.45, 7) is 6.52. The van der Waals surface area contributed by atoms with Gasteiger partial charge in [0.05, 0.1) is 14.0 Å². The van der Waals surface area contributed by atoms with Gasteiger partial charge in [-0.25, -0.2) is 0 Å². The van der Waals surface area contributed by atoms with Gasteiger partial charge >= 0.3 is 0 Å². The average Bonchev–Trinajstić information content (AvgIpc) is 1.84. The molecule has 0 amide bonds. The molecule has 0 atom stereocenters. The lowest BCUT2D eigenvalue weighted by molar-refractivity contribution is 0.0120. The van der Waals surface area contributed by atoms with E-state index in [1.807, 2.05) is 0 Å². The van der Waals surface area contributed by atoms with Gasteiger partial charge in [-0.2, -0.15) is 0 Å². The maximum Gasteiger partial charge on any atom is 0.0975 e. The van der Waals surface area contributed by atoms with E-state index >= 15 is 0 Å². The Hall–Kier alpha value is 0.335. The minimum atomic E-state index is 0.408. The van der Waals surface area contributed by atoms with E-state index < -0.39 is 0 Å². The molecule has 0 saturated carbocycles. The Labute approximate surface area is 74.3 Å². The Bertz CT molecular complexity index is 117. The minimum Gasteiger partial charge on any atom is -0.310 e. The molecule has 0 aromatic heterocycles. The summed E-state index contributed by atoms with van der Waals surface area (Å²) in [6, 6.07) is 0.651. The van der Waals surface area contributed by atoms with Crippen LogP contribution in [0.25, 0.3) is 0 Å². The van der Waals surface area contributed by atoms with Crippen molar-refractivity contribution in [1.29, 1.82) is 0 Å². The molecule has 1 aliphatic rings. The van der Waals surface area contributed by atoms with Crippen molar-refractivity contribution in [3.05, 3.63) is 0 Å². The lowest BCUT2D eigenvalue weighted by Crippen LogP contribution is -2.54. The number of hydrogen-bond acceptors (Lipinski definition) is 3. The summed E-state index contributed by atoms with van der Waals surface area (Å²) in [7, 11) is 5.27. The Morgan fingerprint density at radius 2 is 2.27 bits per heavy atom. The SMILES string of the molecule is [B]CSOC1CN(C(C)C)C1. The van der Waals surface area contributed by atoms with Crippen LogP contribution in [0.3, 0.4) is 0 Å². The van der Waals surface area contributed by atoms with Gasteiger partial charge in [-0.3, -0.25) is 4.90 Å². The summed E-state index contributed by atoms with van der Waals surface area (Å²) >= 11 is 1.36. The van der Waals surface area contributed by atoms with E-state index in [-0.39, 0.29) is 0 Å². The highest BCUT2D eigenvalue weighted by molar-refractivity contribution is 7.95. The highest BCUT2D eigenvalue weighted by Crippen LogP contribution is 2.18. The second kappa shape index (κ2) is 4.38. The number of rotatable bonds is 4. The van der Waals surface area contributed by atoms with Crippen molar-refractivity contribution >= 4 is 19.9 Å². The maximum atomic E-state index is 5.36.